The Labute approximate surface area is 102 Å². The highest BCUT2D eigenvalue weighted by molar-refractivity contribution is 6.33. The van der Waals surface area contributed by atoms with Gasteiger partial charge in [0.2, 0.25) is 0 Å². The van der Waals surface area contributed by atoms with Crippen LogP contribution in [0.15, 0.2) is 18.2 Å². The van der Waals surface area contributed by atoms with Crippen LogP contribution in [0.5, 0.6) is 5.75 Å². The van der Waals surface area contributed by atoms with E-state index in [0.717, 1.165) is 42.4 Å². The lowest BCUT2D eigenvalue weighted by Gasteiger charge is -2.20. The number of methoxy groups -OCH3 is 1. The fourth-order valence-corrected chi connectivity index (χ4v) is 1.85. The Morgan fingerprint density at radius 2 is 2.12 bits per heavy atom. The summed E-state index contributed by atoms with van der Waals surface area (Å²) in [5, 5.41) is 0.717. The average molecular weight is 243 g/mol. The highest BCUT2D eigenvalue weighted by Crippen LogP contribution is 2.29. The molecule has 0 amide bonds. The van der Waals surface area contributed by atoms with Crippen LogP contribution in [0.25, 0.3) is 0 Å². The second-order valence-corrected chi connectivity index (χ2v) is 4.14. The summed E-state index contributed by atoms with van der Waals surface area (Å²) in [6.45, 7) is 1.70. The summed E-state index contributed by atoms with van der Waals surface area (Å²) in [6.07, 6.45) is 2.12. The Morgan fingerprint density at radius 3 is 2.69 bits per heavy atom. The second-order valence-electron chi connectivity index (χ2n) is 3.73. The summed E-state index contributed by atoms with van der Waals surface area (Å²) in [7, 11) is 3.67. The lowest BCUT2D eigenvalue weighted by Crippen LogP contribution is -2.19. The van der Waals surface area contributed by atoms with Crippen molar-refractivity contribution >= 4 is 17.3 Å². The van der Waals surface area contributed by atoms with Gasteiger partial charge in [0.1, 0.15) is 5.75 Å². The van der Waals surface area contributed by atoms with E-state index < -0.39 is 0 Å². The first-order valence-electron chi connectivity index (χ1n) is 5.43. The van der Waals surface area contributed by atoms with Crippen LogP contribution in [-0.2, 0) is 0 Å². The van der Waals surface area contributed by atoms with Crippen molar-refractivity contribution in [3.63, 3.8) is 0 Å². The van der Waals surface area contributed by atoms with Gasteiger partial charge in [-0.25, -0.2) is 0 Å². The molecule has 0 radical (unpaired) electrons. The van der Waals surface area contributed by atoms with Crippen molar-refractivity contribution in [1.29, 1.82) is 0 Å². The molecule has 2 N–H and O–H groups in total. The Morgan fingerprint density at radius 1 is 1.38 bits per heavy atom. The van der Waals surface area contributed by atoms with Gasteiger partial charge in [-0.15, -0.1) is 0 Å². The minimum absolute atomic E-state index is 0.717. The summed E-state index contributed by atoms with van der Waals surface area (Å²) < 4.78 is 5.11. The highest BCUT2D eigenvalue weighted by Gasteiger charge is 2.06. The van der Waals surface area contributed by atoms with Gasteiger partial charge in [-0.2, -0.15) is 0 Å². The number of nitrogens with zero attached hydrogens (tertiary/aromatic N) is 1. The van der Waals surface area contributed by atoms with E-state index >= 15 is 0 Å². The smallest absolute Gasteiger partial charge is 0.120 e. The molecule has 0 saturated heterocycles. The summed E-state index contributed by atoms with van der Waals surface area (Å²) in [5.41, 5.74) is 6.49. The van der Waals surface area contributed by atoms with Crippen LogP contribution < -0.4 is 15.4 Å². The molecule has 0 aliphatic carbocycles. The summed E-state index contributed by atoms with van der Waals surface area (Å²) in [4.78, 5) is 2.14. The maximum absolute atomic E-state index is 6.17. The molecule has 16 heavy (non-hydrogen) atoms. The first-order chi connectivity index (χ1) is 7.69. The van der Waals surface area contributed by atoms with Crippen molar-refractivity contribution in [3.8, 4) is 5.75 Å². The number of hydrogen-bond acceptors (Lipinski definition) is 3. The number of rotatable bonds is 6. The number of nitrogens with two attached hydrogens (primary N) is 1. The highest BCUT2D eigenvalue weighted by atomic mass is 35.5. The molecule has 1 aromatic carbocycles. The van der Waals surface area contributed by atoms with Crippen molar-refractivity contribution in [2.24, 2.45) is 5.73 Å². The first-order valence-corrected chi connectivity index (χ1v) is 5.81. The third-order valence-corrected chi connectivity index (χ3v) is 2.82. The Bertz CT molecular complexity index is 331. The summed E-state index contributed by atoms with van der Waals surface area (Å²) in [5.74, 6) is 0.782. The number of ether oxygens (including phenoxy) is 1. The van der Waals surface area contributed by atoms with Gasteiger partial charge >= 0.3 is 0 Å². The monoisotopic (exact) mass is 242 g/mol. The van der Waals surface area contributed by atoms with Gasteiger partial charge in [0, 0.05) is 19.7 Å². The zero-order valence-corrected chi connectivity index (χ0v) is 10.6. The summed E-state index contributed by atoms with van der Waals surface area (Å²) in [6, 6.07) is 5.72. The minimum atomic E-state index is 0.717. The molecule has 0 heterocycles. The van der Waals surface area contributed by atoms with Crippen LogP contribution >= 0.6 is 11.6 Å². The van der Waals surface area contributed by atoms with Crippen LogP contribution in [0.3, 0.4) is 0 Å². The maximum Gasteiger partial charge on any atom is 0.120 e. The third kappa shape index (κ3) is 3.58. The van der Waals surface area contributed by atoms with E-state index in [0.29, 0.717) is 0 Å². The third-order valence-electron chi connectivity index (χ3n) is 2.51. The molecular weight excluding hydrogens is 224 g/mol. The molecule has 1 rings (SSSR count). The molecule has 0 saturated carbocycles. The number of hydrogen-bond donors (Lipinski definition) is 1. The average Bonchev–Trinajstić information content (AvgIpc) is 2.29. The van der Waals surface area contributed by atoms with Crippen LogP contribution in [-0.4, -0.2) is 27.2 Å². The molecule has 90 valence electrons. The number of unbranched alkanes of at least 4 members (excludes halogenated alkanes) is 1. The second kappa shape index (κ2) is 6.61. The van der Waals surface area contributed by atoms with Gasteiger partial charge in [-0.3, -0.25) is 0 Å². The van der Waals surface area contributed by atoms with Gasteiger partial charge in [-0.05, 0) is 31.5 Å². The van der Waals surface area contributed by atoms with E-state index in [1.54, 1.807) is 7.11 Å². The number of halogens is 1. The molecule has 0 aliphatic rings. The molecule has 3 nitrogen and oxygen atoms in total. The normalized spacial score (nSPS) is 10.2. The molecule has 0 aliphatic heterocycles. The quantitative estimate of drug-likeness (QED) is 0.780. The van der Waals surface area contributed by atoms with Gasteiger partial charge in [0.05, 0.1) is 17.8 Å². The molecule has 0 aromatic heterocycles. The molecule has 4 heteroatoms. The Balaban J connectivity index is 2.64. The first kappa shape index (κ1) is 13.1. The van der Waals surface area contributed by atoms with Crippen LogP contribution in [0.4, 0.5) is 5.69 Å². The van der Waals surface area contributed by atoms with Gasteiger partial charge in [0.25, 0.3) is 0 Å². The topological polar surface area (TPSA) is 38.5 Å². The fourth-order valence-electron chi connectivity index (χ4n) is 1.54. The molecule has 0 bridgehead atoms. The van der Waals surface area contributed by atoms with E-state index in [4.69, 9.17) is 22.1 Å². The lowest BCUT2D eigenvalue weighted by molar-refractivity contribution is 0.415. The zero-order valence-electron chi connectivity index (χ0n) is 9.87. The standard InChI is InChI=1S/C12H19ClN2O/c1-15(8-4-3-7-14)12-6-5-10(16-2)9-11(12)13/h5-6,9H,3-4,7-8,14H2,1-2H3. The van der Waals surface area contributed by atoms with E-state index in [9.17, 15) is 0 Å². The van der Waals surface area contributed by atoms with E-state index in [2.05, 4.69) is 4.90 Å². The van der Waals surface area contributed by atoms with Crippen molar-refractivity contribution < 1.29 is 4.74 Å². The van der Waals surface area contributed by atoms with E-state index in [1.807, 2.05) is 25.2 Å². The molecular formula is C12H19ClN2O. The van der Waals surface area contributed by atoms with E-state index in [1.165, 1.54) is 0 Å². The Kier molecular flexibility index (Phi) is 5.43. The van der Waals surface area contributed by atoms with Crippen LogP contribution in [0.1, 0.15) is 12.8 Å². The molecule has 0 unspecified atom stereocenters. The number of anilines is 1. The zero-order chi connectivity index (χ0) is 12.0. The van der Waals surface area contributed by atoms with Crippen LogP contribution in [0, 0.1) is 0 Å². The minimum Gasteiger partial charge on any atom is -0.497 e. The molecule has 0 atom stereocenters. The Hall–Kier alpha value is -0.930. The molecule has 0 spiro atoms. The molecule has 0 fully saturated rings. The van der Waals surface area contributed by atoms with Crippen molar-refractivity contribution in [1.82, 2.24) is 0 Å². The van der Waals surface area contributed by atoms with Crippen molar-refractivity contribution in [2.45, 2.75) is 12.8 Å². The van der Waals surface area contributed by atoms with Crippen LogP contribution in [0.2, 0.25) is 5.02 Å². The lowest BCUT2D eigenvalue weighted by atomic mass is 10.2. The summed E-state index contributed by atoms with van der Waals surface area (Å²) >= 11 is 6.17. The predicted molar refractivity (Wildman–Crippen MR) is 69.6 cm³/mol. The SMILES string of the molecule is COc1ccc(N(C)CCCCN)c(Cl)c1. The van der Waals surface area contributed by atoms with Gasteiger partial charge in [0.15, 0.2) is 0 Å². The van der Waals surface area contributed by atoms with E-state index in [-0.39, 0.29) is 0 Å². The fraction of sp³-hybridized carbons (Fsp3) is 0.500. The predicted octanol–water partition coefficient (Wildman–Crippen LogP) is 2.52. The maximum atomic E-state index is 6.17. The largest absolute Gasteiger partial charge is 0.497 e. The molecule has 1 aromatic rings. The van der Waals surface area contributed by atoms with Crippen molar-refractivity contribution in [3.05, 3.63) is 23.2 Å². The van der Waals surface area contributed by atoms with Crippen molar-refractivity contribution in [2.75, 3.05) is 32.1 Å². The number of benzene rings is 1. The van der Waals surface area contributed by atoms with Gasteiger partial charge in [-0.1, -0.05) is 11.6 Å². The van der Waals surface area contributed by atoms with Gasteiger partial charge < -0.3 is 15.4 Å².